The summed E-state index contributed by atoms with van der Waals surface area (Å²) in [5, 5.41) is 3.34. The summed E-state index contributed by atoms with van der Waals surface area (Å²) >= 11 is 0. The van der Waals surface area contributed by atoms with Gasteiger partial charge in [-0.1, -0.05) is 12.1 Å². The number of piperidine rings is 1. The van der Waals surface area contributed by atoms with Crippen LogP contribution in [0.3, 0.4) is 0 Å². The Kier molecular flexibility index (Phi) is 11.9. The van der Waals surface area contributed by atoms with Crippen LogP contribution in [-0.2, 0) is 9.53 Å². The van der Waals surface area contributed by atoms with E-state index in [2.05, 4.69) is 10.2 Å². The minimum absolute atomic E-state index is 0. The second-order valence-corrected chi connectivity index (χ2v) is 6.98. The molecule has 0 amide bonds. The summed E-state index contributed by atoms with van der Waals surface area (Å²) in [5.41, 5.74) is 0.611. The first-order valence-corrected chi connectivity index (χ1v) is 10.2. The van der Waals surface area contributed by atoms with Crippen molar-refractivity contribution in [1.29, 1.82) is 0 Å². The fourth-order valence-electron chi connectivity index (χ4n) is 3.39. The summed E-state index contributed by atoms with van der Waals surface area (Å²) in [6, 6.07) is 6.81. The van der Waals surface area contributed by atoms with E-state index in [4.69, 9.17) is 9.73 Å². The molecule has 1 heterocycles. The molecule has 0 aliphatic carbocycles. The van der Waals surface area contributed by atoms with Gasteiger partial charge in [-0.2, -0.15) is 0 Å². The van der Waals surface area contributed by atoms with Gasteiger partial charge in [-0.25, -0.2) is 4.39 Å². The van der Waals surface area contributed by atoms with Crippen LogP contribution in [0.15, 0.2) is 29.3 Å². The van der Waals surface area contributed by atoms with Gasteiger partial charge in [-0.15, -0.1) is 24.0 Å². The van der Waals surface area contributed by atoms with Crippen LogP contribution in [-0.4, -0.2) is 63.2 Å². The summed E-state index contributed by atoms with van der Waals surface area (Å²) in [6.45, 7) is 8.11. The zero-order chi connectivity index (χ0) is 20.4. The average Bonchev–Trinajstić information content (AvgIpc) is 2.71. The third kappa shape index (κ3) is 7.98. The van der Waals surface area contributed by atoms with E-state index in [1.807, 2.05) is 31.9 Å². The van der Waals surface area contributed by atoms with Crippen molar-refractivity contribution >= 4 is 41.6 Å². The van der Waals surface area contributed by atoms with Gasteiger partial charge in [-0.05, 0) is 45.2 Å². The highest BCUT2D eigenvalue weighted by Gasteiger charge is 2.27. The molecule has 1 fully saturated rings. The number of para-hydroxylation sites is 1. The summed E-state index contributed by atoms with van der Waals surface area (Å²) < 4.78 is 19.0. The molecule has 2 rings (SSSR count). The van der Waals surface area contributed by atoms with E-state index in [1.165, 1.54) is 6.07 Å². The van der Waals surface area contributed by atoms with Gasteiger partial charge < -0.3 is 19.9 Å². The molecule has 0 radical (unpaired) electrons. The van der Waals surface area contributed by atoms with Crippen LogP contribution in [0.2, 0.25) is 0 Å². The Labute approximate surface area is 190 Å². The number of carbonyl (C=O) groups excluding carboxylic acids is 1. The maximum Gasteiger partial charge on any atom is 0.309 e. The number of likely N-dealkylation sites (tertiary alicyclic amines) is 1. The SMILES string of the molecule is CCNC(=NCCCN(C)c1ccccc1F)N1CCC(C(=O)OCC)CC1.I. The van der Waals surface area contributed by atoms with E-state index < -0.39 is 0 Å². The molecule has 29 heavy (non-hydrogen) atoms. The number of hydrogen-bond donors (Lipinski definition) is 1. The summed E-state index contributed by atoms with van der Waals surface area (Å²) in [5.74, 6) is 0.596. The first-order chi connectivity index (χ1) is 13.6. The number of halogens is 2. The van der Waals surface area contributed by atoms with Crippen LogP contribution >= 0.6 is 24.0 Å². The zero-order valence-electron chi connectivity index (χ0n) is 17.7. The van der Waals surface area contributed by atoms with Crippen LogP contribution in [0.25, 0.3) is 0 Å². The Morgan fingerprint density at radius 3 is 2.62 bits per heavy atom. The molecule has 1 aromatic carbocycles. The van der Waals surface area contributed by atoms with E-state index in [9.17, 15) is 9.18 Å². The van der Waals surface area contributed by atoms with Gasteiger partial charge in [0.1, 0.15) is 5.82 Å². The van der Waals surface area contributed by atoms with Crippen molar-refractivity contribution in [3.05, 3.63) is 30.1 Å². The number of nitrogens with zero attached hydrogens (tertiary/aromatic N) is 3. The van der Waals surface area contributed by atoms with Crippen LogP contribution in [0, 0.1) is 11.7 Å². The van der Waals surface area contributed by atoms with Crippen molar-refractivity contribution in [2.45, 2.75) is 33.1 Å². The van der Waals surface area contributed by atoms with E-state index in [0.29, 0.717) is 18.8 Å². The molecule has 1 N–H and O–H groups in total. The molecule has 1 aliphatic heterocycles. The molecule has 0 aromatic heterocycles. The molecule has 0 unspecified atom stereocenters. The summed E-state index contributed by atoms with van der Waals surface area (Å²) in [4.78, 5) is 20.8. The third-order valence-corrected chi connectivity index (χ3v) is 4.93. The number of esters is 1. The Hall–Kier alpha value is -1.58. The number of hydrogen-bond acceptors (Lipinski definition) is 4. The number of ether oxygens (including phenoxy) is 1. The topological polar surface area (TPSA) is 57.2 Å². The Morgan fingerprint density at radius 2 is 2.00 bits per heavy atom. The number of carbonyl (C=O) groups is 1. The van der Waals surface area contributed by atoms with E-state index >= 15 is 0 Å². The van der Waals surface area contributed by atoms with Gasteiger partial charge in [-0.3, -0.25) is 9.79 Å². The number of nitrogens with one attached hydrogen (secondary N) is 1. The van der Waals surface area contributed by atoms with Crippen LogP contribution in [0.1, 0.15) is 33.1 Å². The molecule has 0 atom stereocenters. The largest absolute Gasteiger partial charge is 0.466 e. The highest BCUT2D eigenvalue weighted by molar-refractivity contribution is 14.0. The van der Waals surface area contributed by atoms with E-state index in [-0.39, 0.29) is 41.7 Å². The second kappa shape index (κ2) is 13.6. The van der Waals surface area contributed by atoms with Crippen molar-refractivity contribution in [2.75, 3.05) is 51.3 Å². The Bertz CT molecular complexity index is 651. The van der Waals surface area contributed by atoms with Crippen LogP contribution < -0.4 is 10.2 Å². The fraction of sp³-hybridized carbons (Fsp3) is 0.619. The van der Waals surface area contributed by atoms with Crippen molar-refractivity contribution < 1.29 is 13.9 Å². The number of benzene rings is 1. The Morgan fingerprint density at radius 1 is 1.31 bits per heavy atom. The molecule has 0 spiro atoms. The fourth-order valence-corrected chi connectivity index (χ4v) is 3.39. The Balaban J connectivity index is 0.00000420. The van der Waals surface area contributed by atoms with Crippen molar-refractivity contribution in [2.24, 2.45) is 10.9 Å². The maximum atomic E-state index is 13.8. The second-order valence-electron chi connectivity index (χ2n) is 6.98. The van der Waals surface area contributed by atoms with E-state index in [0.717, 1.165) is 51.4 Å². The van der Waals surface area contributed by atoms with Crippen molar-refractivity contribution in [3.8, 4) is 0 Å². The van der Waals surface area contributed by atoms with Crippen molar-refractivity contribution in [3.63, 3.8) is 0 Å². The minimum atomic E-state index is -0.202. The molecule has 1 saturated heterocycles. The van der Waals surface area contributed by atoms with Crippen molar-refractivity contribution in [1.82, 2.24) is 10.2 Å². The zero-order valence-corrected chi connectivity index (χ0v) is 20.0. The lowest BCUT2D eigenvalue weighted by Crippen LogP contribution is -2.46. The normalized spacial score (nSPS) is 14.9. The lowest BCUT2D eigenvalue weighted by atomic mass is 9.97. The van der Waals surface area contributed by atoms with Gasteiger partial charge in [0.25, 0.3) is 0 Å². The predicted molar refractivity (Wildman–Crippen MR) is 127 cm³/mol. The highest BCUT2D eigenvalue weighted by Crippen LogP contribution is 2.19. The molecular weight excluding hydrogens is 486 g/mol. The smallest absolute Gasteiger partial charge is 0.309 e. The summed E-state index contributed by atoms with van der Waals surface area (Å²) in [7, 11) is 1.90. The standard InChI is InChI=1S/C21H33FN4O2.HI/c1-4-23-21(26-15-11-17(12-16-26)20(27)28-5-2)24-13-8-14-25(3)19-10-7-6-9-18(19)22;/h6-7,9-10,17H,4-5,8,11-16H2,1-3H3,(H,23,24);1H. The molecule has 164 valence electrons. The van der Waals surface area contributed by atoms with Gasteiger partial charge in [0.2, 0.25) is 0 Å². The van der Waals surface area contributed by atoms with E-state index in [1.54, 1.807) is 12.1 Å². The lowest BCUT2D eigenvalue weighted by molar-refractivity contribution is -0.149. The molecule has 0 bridgehead atoms. The van der Waals surface area contributed by atoms with Crippen LogP contribution in [0.5, 0.6) is 0 Å². The van der Waals surface area contributed by atoms with Gasteiger partial charge in [0.05, 0.1) is 18.2 Å². The summed E-state index contributed by atoms with van der Waals surface area (Å²) in [6.07, 6.45) is 2.41. The monoisotopic (exact) mass is 520 g/mol. The predicted octanol–water partition coefficient (Wildman–Crippen LogP) is 3.51. The first-order valence-electron chi connectivity index (χ1n) is 10.2. The molecule has 1 aliphatic rings. The molecule has 8 heteroatoms. The molecule has 6 nitrogen and oxygen atoms in total. The number of rotatable bonds is 8. The first kappa shape index (κ1) is 25.5. The van der Waals surface area contributed by atoms with Gasteiger partial charge in [0.15, 0.2) is 5.96 Å². The molecular formula is C21H34FIN4O2. The third-order valence-electron chi connectivity index (χ3n) is 4.93. The number of guanidine groups is 1. The van der Waals surface area contributed by atoms with Gasteiger partial charge >= 0.3 is 5.97 Å². The quantitative estimate of drug-likeness (QED) is 0.187. The lowest BCUT2D eigenvalue weighted by Gasteiger charge is -2.33. The minimum Gasteiger partial charge on any atom is -0.466 e. The maximum absolute atomic E-state index is 13.8. The number of anilines is 1. The van der Waals surface area contributed by atoms with Crippen LogP contribution in [0.4, 0.5) is 10.1 Å². The molecule has 1 aromatic rings. The number of aliphatic imine (C=N–C) groups is 1. The molecule has 0 saturated carbocycles. The average molecular weight is 520 g/mol. The highest BCUT2D eigenvalue weighted by atomic mass is 127. The van der Waals surface area contributed by atoms with Gasteiger partial charge in [0, 0.05) is 39.8 Å².